The molecule has 0 saturated carbocycles. The van der Waals surface area contributed by atoms with Gasteiger partial charge >= 0.3 is 0 Å². The van der Waals surface area contributed by atoms with Crippen LogP contribution in [0.5, 0.6) is 0 Å². The summed E-state index contributed by atoms with van der Waals surface area (Å²) in [6, 6.07) is 0. The Bertz CT molecular complexity index is 266. The van der Waals surface area contributed by atoms with Crippen LogP contribution >= 0.6 is 24.0 Å². The highest BCUT2D eigenvalue weighted by Gasteiger charge is 2.15. The van der Waals surface area contributed by atoms with Gasteiger partial charge in [0.1, 0.15) is 0 Å². The molecule has 1 aliphatic rings. The van der Waals surface area contributed by atoms with E-state index >= 15 is 0 Å². The molecule has 0 aromatic rings. The van der Waals surface area contributed by atoms with Crippen LogP contribution in [-0.4, -0.2) is 63.3 Å². The van der Waals surface area contributed by atoms with Gasteiger partial charge in [-0.3, -0.25) is 4.99 Å². The molecule has 6 heteroatoms. The molecule has 1 heterocycles. The van der Waals surface area contributed by atoms with Crippen molar-refractivity contribution in [3.8, 4) is 0 Å². The molecule has 2 N–H and O–H groups in total. The Morgan fingerprint density at radius 1 is 1.24 bits per heavy atom. The summed E-state index contributed by atoms with van der Waals surface area (Å²) in [6.07, 6.45) is 5.11. The highest BCUT2D eigenvalue weighted by Crippen LogP contribution is 2.10. The first-order valence-electron chi connectivity index (χ1n) is 8.08. The molecule has 0 spiro atoms. The molecule has 0 amide bonds. The van der Waals surface area contributed by atoms with Gasteiger partial charge < -0.3 is 20.3 Å². The van der Waals surface area contributed by atoms with Gasteiger partial charge in [0.2, 0.25) is 0 Å². The lowest BCUT2D eigenvalue weighted by atomic mass is 10.2. The quantitative estimate of drug-likeness (QED) is 0.264. The van der Waals surface area contributed by atoms with E-state index in [0.29, 0.717) is 6.10 Å². The SMILES string of the molecule is CCN(CC)CCCCNC(=NC)NCC1CCCO1.I. The van der Waals surface area contributed by atoms with Crippen LogP contribution in [0.4, 0.5) is 0 Å². The van der Waals surface area contributed by atoms with Crippen LogP contribution in [0.1, 0.15) is 39.5 Å². The molecular weight excluding hydrogens is 379 g/mol. The number of hydrogen-bond acceptors (Lipinski definition) is 3. The average molecular weight is 412 g/mol. The Balaban J connectivity index is 0.00000400. The number of nitrogens with one attached hydrogen (secondary N) is 2. The number of ether oxygens (including phenoxy) is 1. The van der Waals surface area contributed by atoms with Crippen LogP contribution < -0.4 is 10.6 Å². The molecule has 126 valence electrons. The zero-order valence-corrected chi connectivity index (χ0v) is 16.2. The Morgan fingerprint density at radius 3 is 2.57 bits per heavy atom. The van der Waals surface area contributed by atoms with E-state index in [0.717, 1.165) is 45.2 Å². The third-order valence-electron chi connectivity index (χ3n) is 3.83. The summed E-state index contributed by atoms with van der Waals surface area (Å²) in [7, 11) is 1.82. The second-order valence-corrected chi connectivity index (χ2v) is 5.25. The minimum Gasteiger partial charge on any atom is -0.376 e. The third-order valence-corrected chi connectivity index (χ3v) is 3.83. The standard InChI is InChI=1S/C15H32N4O.HI/c1-4-19(5-2)11-7-6-10-17-15(16-3)18-13-14-9-8-12-20-14;/h14H,4-13H2,1-3H3,(H2,16,17,18);1H. The topological polar surface area (TPSA) is 48.9 Å². The van der Waals surface area contributed by atoms with Crippen LogP contribution in [-0.2, 0) is 4.74 Å². The van der Waals surface area contributed by atoms with Crippen molar-refractivity contribution in [1.29, 1.82) is 0 Å². The van der Waals surface area contributed by atoms with Crippen LogP contribution in [0, 0.1) is 0 Å². The molecule has 1 rings (SSSR count). The van der Waals surface area contributed by atoms with Crippen molar-refractivity contribution in [3.05, 3.63) is 0 Å². The van der Waals surface area contributed by atoms with Gasteiger partial charge in [-0.15, -0.1) is 24.0 Å². The highest BCUT2D eigenvalue weighted by atomic mass is 127. The third kappa shape index (κ3) is 9.52. The Morgan fingerprint density at radius 2 is 2.00 bits per heavy atom. The number of nitrogens with zero attached hydrogens (tertiary/aromatic N) is 2. The minimum atomic E-state index is 0. The van der Waals surface area contributed by atoms with Crippen LogP contribution in [0.2, 0.25) is 0 Å². The lowest BCUT2D eigenvalue weighted by Crippen LogP contribution is -2.41. The van der Waals surface area contributed by atoms with Gasteiger partial charge in [-0.2, -0.15) is 0 Å². The molecule has 0 bridgehead atoms. The Labute approximate surface area is 147 Å². The number of aliphatic imine (C=N–C) groups is 1. The smallest absolute Gasteiger partial charge is 0.191 e. The fourth-order valence-corrected chi connectivity index (χ4v) is 2.44. The molecule has 0 aromatic heterocycles. The normalized spacial score (nSPS) is 18.7. The second kappa shape index (κ2) is 13.6. The lowest BCUT2D eigenvalue weighted by Gasteiger charge is -2.18. The molecule has 1 atom stereocenters. The fraction of sp³-hybridized carbons (Fsp3) is 0.933. The summed E-state index contributed by atoms with van der Waals surface area (Å²) in [5.74, 6) is 0.892. The second-order valence-electron chi connectivity index (χ2n) is 5.25. The molecule has 1 aliphatic heterocycles. The Kier molecular flexibility index (Phi) is 13.5. The minimum absolute atomic E-state index is 0. The molecule has 5 nitrogen and oxygen atoms in total. The van der Waals surface area contributed by atoms with E-state index in [9.17, 15) is 0 Å². The average Bonchev–Trinajstić information content (AvgIpc) is 2.99. The van der Waals surface area contributed by atoms with Gasteiger partial charge in [-0.05, 0) is 45.3 Å². The van der Waals surface area contributed by atoms with Gasteiger partial charge in [0, 0.05) is 26.7 Å². The molecule has 1 unspecified atom stereocenters. The summed E-state index contributed by atoms with van der Waals surface area (Å²) in [5, 5.41) is 6.70. The number of guanidine groups is 1. The van der Waals surface area contributed by atoms with Gasteiger partial charge in [-0.25, -0.2) is 0 Å². The summed E-state index contributed by atoms with van der Waals surface area (Å²) in [6.45, 7) is 10.7. The van der Waals surface area contributed by atoms with E-state index in [4.69, 9.17) is 4.74 Å². The van der Waals surface area contributed by atoms with Crippen LogP contribution in [0.15, 0.2) is 4.99 Å². The largest absolute Gasteiger partial charge is 0.376 e. The van der Waals surface area contributed by atoms with E-state index in [1.54, 1.807) is 0 Å². The number of halogens is 1. The van der Waals surface area contributed by atoms with Gasteiger partial charge in [0.25, 0.3) is 0 Å². The predicted molar refractivity (Wildman–Crippen MR) is 101 cm³/mol. The Hall–Kier alpha value is -0.0800. The molecule has 1 fully saturated rings. The number of rotatable bonds is 9. The van der Waals surface area contributed by atoms with E-state index in [1.807, 2.05) is 7.05 Å². The van der Waals surface area contributed by atoms with Crippen molar-refractivity contribution in [1.82, 2.24) is 15.5 Å². The number of unbranched alkanes of at least 4 members (excludes halogenated alkanes) is 1. The first-order valence-corrected chi connectivity index (χ1v) is 8.08. The van der Waals surface area contributed by atoms with E-state index in [1.165, 1.54) is 25.8 Å². The molecule has 0 radical (unpaired) electrons. The van der Waals surface area contributed by atoms with Gasteiger partial charge in [0.05, 0.1) is 6.10 Å². The van der Waals surface area contributed by atoms with E-state index in [2.05, 4.69) is 34.4 Å². The van der Waals surface area contributed by atoms with Crippen LogP contribution in [0.25, 0.3) is 0 Å². The fourth-order valence-electron chi connectivity index (χ4n) is 2.44. The number of hydrogen-bond donors (Lipinski definition) is 2. The predicted octanol–water partition coefficient (Wildman–Crippen LogP) is 2.07. The first-order chi connectivity index (χ1) is 9.80. The molecule has 1 saturated heterocycles. The molecule has 0 aromatic carbocycles. The van der Waals surface area contributed by atoms with Crippen molar-refractivity contribution in [2.45, 2.75) is 45.6 Å². The van der Waals surface area contributed by atoms with Crippen molar-refractivity contribution < 1.29 is 4.74 Å². The highest BCUT2D eigenvalue weighted by molar-refractivity contribution is 14.0. The summed E-state index contributed by atoms with van der Waals surface area (Å²) in [4.78, 5) is 6.71. The molecule has 0 aliphatic carbocycles. The maximum atomic E-state index is 5.59. The van der Waals surface area contributed by atoms with Crippen LogP contribution in [0.3, 0.4) is 0 Å². The van der Waals surface area contributed by atoms with Gasteiger partial charge in [0.15, 0.2) is 5.96 Å². The van der Waals surface area contributed by atoms with E-state index < -0.39 is 0 Å². The van der Waals surface area contributed by atoms with Crippen molar-refractivity contribution in [3.63, 3.8) is 0 Å². The maximum absolute atomic E-state index is 5.59. The van der Waals surface area contributed by atoms with Crippen molar-refractivity contribution in [2.24, 2.45) is 4.99 Å². The lowest BCUT2D eigenvalue weighted by molar-refractivity contribution is 0.114. The zero-order chi connectivity index (χ0) is 14.6. The summed E-state index contributed by atoms with van der Waals surface area (Å²) in [5.41, 5.74) is 0. The first kappa shape index (κ1) is 20.9. The maximum Gasteiger partial charge on any atom is 0.191 e. The zero-order valence-electron chi connectivity index (χ0n) is 13.9. The monoisotopic (exact) mass is 412 g/mol. The van der Waals surface area contributed by atoms with Crippen molar-refractivity contribution >= 4 is 29.9 Å². The van der Waals surface area contributed by atoms with Crippen molar-refractivity contribution in [2.75, 3.05) is 46.4 Å². The molecular formula is C15H33IN4O. The van der Waals surface area contributed by atoms with Gasteiger partial charge in [-0.1, -0.05) is 13.8 Å². The summed E-state index contributed by atoms with van der Waals surface area (Å²) < 4.78 is 5.59. The summed E-state index contributed by atoms with van der Waals surface area (Å²) >= 11 is 0. The molecule has 21 heavy (non-hydrogen) atoms. The van der Waals surface area contributed by atoms with E-state index in [-0.39, 0.29) is 24.0 Å².